The highest BCUT2D eigenvalue weighted by Crippen LogP contribution is 2.47. The van der Waals surface area contributed by atoms with Crippen molar-refractivity contribution >= 4 is 11.9 Å². The van der Waals surface area contributed by atoms with Crippen LogP contribution in [0, 0.1) is 10.8 Å². The van der Waals surface area contributed by atoms with Gasteiger partial charge in [0.05, 0.1) is 6.61 Å². The van der Waals surface area contributed by atoms with E-state index in [4.69, 9.17) is 14.9 Å². The highest BCUT2D eigenvalue weighted by Gasteiger charge is 2.55. The molecule has 2 fully saturated rings. The van der Waals surface area contributed by atoms with E-state index in [0.29, 0.717) is 13.0 Å². The van der Waals surface area contributed by atoms with Crippen LogP contribution in [-0.4, -0.2) is 24.6 Å². The van der Waals surface area contributed by atoms with Crippen LogP contribution < -0.4 is 0 Å². The van der Waals surface area contributed by atoms with Gasteiger partial charge in [0, 0.05) is 6.42 Å². The van der Waals surface area contributed by atoms with Crippen molar-refractivity contribution in [1.29, 1.82) is 5.41 Å². The van der Waals surface area contributed by atoms with Crippen molar-refractivity contribution in [1.82, 2.24) is 0 Å². The van der Waals surface area contributed by atoms with Gasteiger partial charge >= 0.3 is 5.97 Å². The quantitative estimate of drug-likeness (QED) is 0.709. The molecule has 15 heavy (non-hydrogen) atoms. The van der Waals surface area contributed by atoms with Crippen LogP contribution in [0.25, 0.3) is 0 Å². The number of hydrogen-bond donors (Lipinski definition) is 1. The predicted molar refractivity (Wildman–Crippen MR) is 54.8 cm³/mol. The maximum atomic E-state index is 11.9. The smallest absolute Gasteiger partial charge is 0.316 e. The zero-order valence-corrected chi connectivity index (χ0v) is 9.04. The van der Waals surface area contributed by atoms with E-state index in [1.54, 1.807) is 0 Å². The Bertz CT molecular complexity index is 290. The lowest BCUT2D eigenvalue weighted by Crippen LogP contribution is -2.42. The molecule has 0 radical (unpaired) electrons. The summed E-state index contributed by atoms with van der Waals surface area (Å²) in [6, 6.07) is 0. The fraction of sp³-hybridized carbons (Fsp3) is 0.818. The molecule has 0 aromatic carbocycles. The first-order valence-electron chi connectivity index (χ1n) is 5.60. The van der Waals surface area contributed by atoms with Gasteiger partial charge in [-0.25, -0.2) is 0 Å². The van der Waals surface area contributed by atoms with Crippen LogP contribution in [0.4, 0.5) is 0 Å². The Morgan fingerprint density at radius 2 is 2.47 bits per heavy atom. The van der Waals surface area contributed by atoms with E-state index in [1.165, 1.54) is 0 Å². The van der Waals surface area contributed by atoms with Gasteiger partial charge in [-0.15, -0.1) is 0 Å². The van der Waals surface area contributed by atoms with E-state index in [1.807, 2.05) is 6.92 Å². The molecule has 0 spiro atoms. The third-order valence-corrected chi connectivity index (χ3v) is 3.40. The summed E-state index contributed by atoms with van der Waals surface area (Å²) in [4.78, 5) is 11.9. The molecule has 0 amide bonds. The molecule has 1 aliphatic heterocycles. The fourth-order valence-corrected chi connectivity index (χ4v) is 2.66. The number of nitrogens with one attached hydrogen (secondary N) is 1. The van der Waals surface area contributed by atoms with E-state index in [9.17, 15) is 4.79 Å². The number of hydrogen-bond acceptors (Lipinski definition) is 4. The SMILES string of the molecule is CCOC(=O)C12CCCCC1OC(=N)C2. The summed E-state index contributed by atoms with van der Waals surface area (Å²) in [5, 5.41) is 7.56. The van der Waals surface area contributed by atoms with Gasteiger partial charge in [-0.3, -0.25) is 10.2 Å². The first-order chi connectivity index (χ1) is 7.19. The van der Waals surface area contributed by atoms with Gasteiger partial charge in [0.1, 0.15) is 11.5 Å². The molecule has 2 atom stereocenters. The van der Waals surface area contributed by atoms with E-state index in [-0.39, 0.29) is 18.0 Å². The van der Waals surface area contributed by atoms with Crippen LogP contribution in [0.5, 0.6) is 0 Å². The molecule has 2 unspecified atom stereocenters. The van der Waals surface area contributed by atoms with E-state index < -0.39 is 5.41 Å². The molecule has 2 aliphatic rings. The second-order valence-electron chi connectivity index (χ2n) is 4.33. The Labute approximate surface area is 89.5 Å². The topological polar surface area (TPSA) is 59.4 Å². The second kappa shape index (κ2) is 3.83. The van der Waals surface area contributed by atoms with E-state index in [0.717, 1.165) is 25.7 Å². The maximum absolute atomic E-state index is 11.9. The fourth-order valence-electron chi connectivity index (χ4n) is 2.66. The summed E-state index contributed by atoms with van der Waals surface area (Å²) < 4.78 is 10.5. The normalized spacial score (nSPS) is 34.5. The summed E-state index contributed by atoms with van der Waals surface area (Å²) >= 11 is 0. The second-order valence-corrected chi connectivity index (χ2v) is 4.33. The van der Waals surface area contributed by atoms with Crippen molar-refractivity contribution in [3.05, 3.63) is 0 Å². The van der Waals surface area contributed by atoms with Crippen molar-refractivity contribution < 1.29 is 14.3 Å². The Morgan fingerprint density at radius 1 is 1.67 bits per heavy atom. The molecule has 4 heteroatoms. The average molecular weight is 211 g/mol. The highest BCUT2D eigenvalue weighted by atomic mass is 16.5. The van der Waals surface area contributed by atoms with Crippen LogP contribution in [-0.2, 0) is 14.3 Å². The summed E-state index contributed by atoms with van der Waals surface area (Å²) in [6.45, 7) is 2.22. The average Bonchev–Trinajstić information content (AvgIpc) is 2.55. The molecule has 0 aromatic rings. The van der Waals surface area contributed by atoms with E-state index >= 15 is 0 Å². The van der Waals surface area contributed by atoms with Crippen LogP contribution in [0.1, 0.15) is 39.0 Å². The standard InChI is InChI=1S/C11H17NO3/c1-2-14-10(13)11-6-4-3-5-8(11)15-9(12)7-11/h8,12H,2-7H2,1H3. The molecule has 0 bridgehead atoms. The Morgan fingerprint density at radius 3 is 3.20 bits per heavy atom. The maximum Gasteiger partial charge on any atom is 0.316 e. The van der Waals surface area contributed by atoms with Crippen molar-refractivity contribution in [3.8, 4) is 0 Å². The Kier molecular flexibility index (Phi) is 2.67. The molecular weight excluding hydrogens is 194 g/mol. The highest BCUT2D eigenvalue weighted by molar-refractivity contribution is 5.88. The van der Waals surface area contributed by atoms with Crippen LogP contribution in [0.3, 0.4) is 0 Å². The molecule has 1 saturated carbocycles. The Balaban J connectivity index is 2.21. The number of ether oxygens (including phenoxy) is 2. The molecule has 4 nitrogen and oxygen atoms in total. The monoisotopic (exact) mass is 211 g/mol. The van der Waals surface area contributed by atoms with Crippen LogP contribution in [0.2, 0.25) is 0 Å². The summed E-state index contributed by atoms with van der Waals surface area (Å²) in [6.07, 6.45) is 4.11. The van der Waals surface area contributed by atoms with Gasteiger partial charge in [-0.05, 0) is 26.2 Å². The molecule has 1 aliphatic carbocycles. The number of fused-ring (bicyclic) bond motifs is 1. The number of rotatable bonds is 2. The molecule has 84 valence electrons. The van der Waals surface area contributed by atoms with Gasteiger partial charge in [0.2, 0.25) is 0 Å². The number of carbonyl (C=O) groups is 1. The number of carbonyl (C=O) groups excluding carboxylic acids is 1. The van der Waals surface area contributed by atoms with Crippen molar-refractivity contribution in [3.63, 3.8) is 0 Å². The van der Waals surface area contributed by atoms with Crippen molar-refractivity contribution in [2.24, 2.45) is 5.41 Å². The molecule has 1 saturated heterocycles. The summed E-state index contributed by atoms with van der Waals surface area (Å²) in [7, 11) is 0. The largest absolute Gasteiger partial charge is 0.477 e. The van der Waals surface area contributed by atoms with Gasteiger partial charge in [-0.2, -0.15) is 0 Å². The van der Waals surface area contributed by atoms with Gasteiger partial charge in [0.25, 0.3) is 0 Å². The minimum absolute atomic E-state index is 0.113. The Hall–Kier alpha value is -1.06. The first-order valence-corrected chi connectivity index (χ1v) is 5.60. The number of esters is 1. The minimum Gasteiger partial charge on any atom is -0.477 e. The van der Waals surface area contributed by atoms with E-state index in [2.05, 4.69) is 0 Å². The zero-order valence-electron chi connectivity index (χ0n) is 9.04. The molecule has 2 rings (SSSR count). The lowest BCUT2D eigenvalue weighted by molar-refractivity contribution is -0.161. The molecule has 1 heterocycles. The first kappa shape index (κ1) is 10.5. The van der Waals surface area contributed by atoms with Crippen LogP contribution >= 0.6 is 0 Å². The lowest BCUT2D eigenvalue weighted by atomic mass is 9.71. The molecule has 1 N–H and O–H groups in total. The summed E-state index contributed by atoms with van der Waals surface area (Å²) in [5.74, 6) is 0.0758. The van der Waals surface area contributed by atoms with Crippen molar-refractivity contribution in [2.75, 3.05) is 6.61 Å². The van der Waals surface area contributed by atoms with Crippen LogP contribution in [0.15, 0.2) is 0 Å². The summed E-state index contributed by atoms with van der Waals surface area (Å²) in [5.41, 5.74) is -0.536. The third-order valence-electron chi connectivity index (χ3n) is 3.40. The molecular formula is C11H17NO3. The van der Waals surface area contributed by atoms with Gasteiger partial charge < -0.3 is 9.47 Å². The van der Waals surface area contributed by atoms with Gasteiger partial charge in [0.15, 0.2) is 5.90 Å². The van der Waals surface area contributed by atoms with Crippen molar-refractivity contribution in [2.45, 2.75) is 45.1 Å². The molecule has 0 aromatic heterocycles. The lowest BCUT2D eigenvalue weighted by Gasteiger charge is -2.34. The minimum atomic E-state index is -0.536. The van der Waals surface area contributed by atoms with Gasteiger partial charge in [-0.1, -0.05) is 6.42 Å². The zero-order chi connectivity index (χ0) is 10.9. The third kappa shape index (κ3) is 1.62. The predicted octanol–water partition coefficient (Wildman–Crippen LogP) is 1.88.